The van der Waals surface area contributed by atoms with Crippen molar-refractivity contribution in [3.8, 4) is 0 Å². The van der Waals surface area contributed by atoms with Gasteiger partial charge in [0.05, 0.1) is 0 Å². The summed E-state index contributed by atoms with van der Waals surface area (Å²) < 4.78 is 0. The van der Waals surface area contributed by atoms with Gasteiger partial charge in [-0.3, -0.25) is 0 Å². The number of hydrogen-bond acceptors (Lipinski definition) is 2. The largest absolute Gasteiger partial charge is 3.00 e. The van der Waals surface area contributed by atoms with Crippen molar-refractivity contribution < 1.29 is 31.9 Å². The van der Waals surface area contributed by atoms with Gasteiger partial charge in [-0.15, -0.1) is 13.2 Å². The third-order valence-electron chi connectivity index (χ3n) is 0.996. The summed E-state index contributed by atoms with van der Waals surface area (Å²) in [4.78, 5) is 0. The molecule has 0 N–H and O–H groups in total. The number of rotatable bonds is 4. The molecule has 0 fully saturated rings. The quantitative estimate of drug-likeness (QED) is 0.506. The first-order chi connectivity index (χ1) is 4.83. The van der Waals surface area contributed by atoms with Crippen LogP contribution in [0.5, 0.6) is 0 Å². The van der Waals surface area contributed by atoms with Crippen molar-refractivity contribution in [2.75, 3.05) is 13.2 Å². The second-order valence-corrected chi connectivity index (χ2v) is 2.12. The van der Waals surface area contributed by atoms with E-state index in [1.165, 1.54) is 0 Å². The minimum absolute atomic E-state index is 0. The number of unbranched alkanes of at least 4 members (excludes halogenated alkanes) is 2. The summed E-state index contributed by atoms with van der Waals surface area (Å²) >= 11 is 0. The summed E-state index contributed by atoms with van der Waals surface area (Å²) in [7, 11) is 0. The van der Waals surface area contributed by atoms with Gasteiger partial charge in [-0.05, 0) is 0 Å². The third kappa shape index (κ3) is 46.0. The normalized spacial score (nSPS) is 7.00. The Morgan fingerprint density at radius 2 is 1.08 bits per heavy atom. The average Bonchev–Trinajstić information content (AvgIpc) is 1.93. The van der Waals surface area contributed by atoms with Crippen LogP contribution in [0.4, 0.5) is 0 Å². The Morgan fingerprint density at radius 3 is 1.08 bits per heavy atom. The van der Waals surface area contributed by atoms with E-state index >= 15 is 0 Å². The van der Waals surface area contributed by atoms with Gasteiger partial charge in [0.1, 0.15) is 0 Å². The molecule has 2 nitrogen and oxygen atoms in total. The summed E-state index contributed by atoms with van der Waals surface area (Å²) in [5.74, 6) is 0. The zero-order chi connectivity index (χ0) is 8.24. The minimum Gasteiger partial charge on any atom is -0.854 e. The smallest absolute Gasteiger partial charge is 0.854 e. The Bertz CT molecular complexity index is 33.5. The van der Waals surface area contributed by atoms with E-state index in [1.54, 1.807) is 0 Å². The molecule has 0 aromatic carbocycles. The fourth-order valence-electron chi connectivity index (χ4n) is 0.289. The van der Waals surface area contributed by atoms with Crippen LogP contribution >= 0.6 is 0 Å². The standard InChI is InChI=1S/2C4H9O.CH3.Ti/c2*1-2-3-4-5;;/h2*2-4H2,1H3;1H3;/q3*-1;+3. The Hall–Kier alpha value is 0.634. The van der Waals surface area contributed by atoms with E-state index in [-0.39, 0.29) is 42.4 Å². The van der Waals surface area contributed by atoms with E-state index in [9.17, 15) is 10.2 Å². The van der Waals surface area contributed by atoms with E-state index in [2.05, 4.69) is 0 Å². The predicted molar refractivity (Wildman–Crippen MR) is 46.0 cm³/mol. The average molecular weight is 209 g/mol. The van der Waals surface area contributed by atoms with E-state index in [0.29, 0.717) is 0 Å². The SMILES string of the molecule is CCCC[O-].CCCC[O-].[CH3-].[Ti+3]. The molecule has 0 aliphatic heterocycles. The molecule has 0 heterocycles. The maximum atomic E-state index is 9.53. The maximum Gasteiger partial charge on any atom is 3.00 e. The molecule has 0 aliphatic carbocycles. The van der Waals surface area contributed by atoms with Crippen molar-refractivity contribution in [2.45, 2.75) is 39.5 Å². The van der Waals surface area contributed by atoms with Crippen LogP contribution in [0.25, 0.3) is 0 Å². The first-order valence-electron chi connectivity index (χ1n) is 3.99. The van der Waals surface area contributed by atoms with Crippen LogP contribution < -0.4 is 10.2 Å². The van der Waals surface area contributed by atoms with Crippen LogP contribution in [0, 0.1) is 7.43 Å². The molecule has 3 heteroatoms. The molecule has 0 rings (SSSR count). The number of hydrogen-bond donors (Lipinski definition) is 0. The molecule has 0 aromatic heterocycles. The van der Waals surface area contributed by atoms with Crippen molar-refractivity contribution in [3.63, 3.8) is 0 Å². The molecular weight excluding hydrogens is 188 g/mol. The molecule has 1 radical (unpaired) electrons. The Morgan fingerprint density at radius 1 is 0.833 bits per heavy atom. The van der Waals surface area contributed by atoms with Crippen molar-refractivity contribution in [2.24, 2.45) is 0 Å². The Labute approximate surface area is 92.3 Å². The zero-order valence-electron chi connectivity index (χ0n) is 8.56. The monoisotopic (exact) mass is 209 g/mol. The van der Waals surface area contributed by atoms with Crippen molar-refractivity contribution in [3.05, 3.63) is 7.43 Å². The van der Waals surface area contributed by atoms with Crippen molar-refractivity contribution >= 4 is 0 Å². The van der Waals surface area contributed by atoms with Crippen molar-refractivity contribution in [1.29, 1.82) is 0 Å². The van der Waals surface area contributed by atoms with Gasteiger partial charge < -0.3 is 17.6 Å². The van der Waals surface area contributed by atoms with E-state index < -0.39 is 0 Å². The predicted octanol–water partition coefficient (Wildman–Crippen LogP) is 0.741. The molecule has 0 aromatic rings. The molecule has 0 amide bonds. The Balaban J connectivity index is -0.0000000457. The third-order valence-corrected chi connectivity index (χ3v) is 0.996. The summed E-state index contributed by atoms with van der Waals surface area (Å²) in [5, 5.41) is 19.1. The van der Waals surface area contributed by atoms with Crippen LogP contribution in [0.2, 0.25) is 0 Å². The van der Waals surface area contributed by atoms with Crippen LogP contribution in [0.15, 0.2) is 0 Å². The summed E-state index contributed by atoms with van der Waals surface area (Å²) in [6, 6.07) is 0. The van der Waals surface area contributed by atoms with Gasteiger partial charge in [-0.2, -0.15) is 0 Å². The molecular formula is C9H21O2Ti. The second-order valence-electron chi connectivity index (χ2n) is 2.12. The fraction of sp³-hybridized carbons (Fsp3) is 0.889. The molecule has 0 atom stereocenters. The van der Waals surface area contributed by atoms with E-state index in [0.717, 1.165) is 25.7 Å². The van der Waals surface area contributed by atoms with Crippen LogP contribution in [0.3, 0.4) is 0 Å². The second kappa shape index (κ2) is 29.9. The van der Waals surface area contributed by atoms with Crippen molar-refractivity contribution in [1.82, 2.24) is 0 Å². The van der Waals surface area contributed by atoms with Gasteiger partial charge >= 0.3 is 21.7 Å². The van der Waals surface area contributed by atoms with Crippen LogP contribution in [0.1, 0.15) is 39.5 Å². The molecule has 0 aliphatic rings. The van der Waals surface area contributed by atoms with Gasteiger partial charge in [0.15, 0.2) is 0 Å². The van der Waals surface area contributed by atoms with Gasteiger partial charge in [0.25, 0.3) is 0 Å². The maximum absolute atomic E-state index is 9.53. The first kappa shape index (κ1) is 22.9. The Kier molecular flexibility index (Phi) is 57.1. The van der Waals surface area contributed by atoms with E-state index in [1.807, 2.05) is 13.8 Å². The molecule has 0 unspecified atom stereocenters. The molecule has 0 spiro atoms. The van der Waals surface area contributed by atoms with Gasteiger partial charge in [-0.25, -0.2) is 0 Å². The minimum atomic E-state index is 0. The van der Waals surface area contributed by atoms with Gasteiger partial charge in [0.2, 0.25) is 0 Å². The van der Waals surface area contributed by atoms with Gasteiger partial charge in [0, 0.05) is 0 Å². The molecule has 0 saturated carbocycles. The summed E-state index contributed by atoms with van der Waals surface area (Å²) in [6.07, 6.45) is 3.73. The molecule has 0 saturated heterocycles. The first-order valence-corrected chi connectivity index (χ1v) is 3.99. The molecule has 73 valence electrons. The zero-order valence-corrected chi connectivity index (χ0v) is 10.1. The fourth-order valence-corrected chi connectivity index (χ4v) is 0.289. The van der Waals surface area contributed by atoms with Crippen LogP contribution in [-0.4, -0.2) is 13.2 Å². The van der Waals surface area contributed by atoms with Crippen LogP contribution in [-0.2, 0) is 21.7 Å². The van der Waals surface area contributed by atoms with E-state index in [4.69, 9.17) is 0 Å². The summed E-state index contributed by atoms with van der Waals surface area (Å²) in [5.41, 5.74) is 0. The van der Waals surface area contributed by atoms with Gasteiger partial charge in [-0.1, -0.05) is 39.5 Å². The molecule has 0 bridgehead atoms. The topological polar surface area (TPSA) is 46.1 Å². The summed E-state index contributed by atoms with van der Waals surface area (Å²) in [6.45, 7) is 4.21. The molecule has 12 heavy (non-hydrogen) atoms.